The monoisotopic (exact) mass is 338 g/mol. The Hall–Kier alpha value is -3.33. The first-order chi connectivity index (χ1) is 12.0. The predicted molar refractivity (Wildman–Crippen MR) is 90.7 cm³/mol. The first-order valence-electron chi connectivity index (χ1n) is 7.66. The van der Waals surface area contributed by atoms with Gasteiger partial charge in [-0.15, -0.1) is 0 Å². The zero-order valence-electron chi connectivity index (χ0n) is 13.8. The molecule has 0 aliphatic rings. The lowest BCUT2D eigenvalue weighted by Crippen LogP contribution is -2.44. The number of nitrogens with zero attached hydrogens (tertiary/aromatic N) is 2. The summed E-state index contributed by atoms with van der Waals surface area (Å²) < 4.78 is 5.17. The molecule has 0 heterocycles. The number of carboxylic acid groups (broad SMARTS) is 1. The minimum atomic E-state index is -1.14. The van der Waals surface area contributed by atoms with E-state index < -0.39 is 18.1 Å². The zero-order chi connectivity index (χ0) is 18.2. The van der Waals surface area contributed by atoms with Gasteiger partial charge in [-0.1, -0.05) is 42.5 Å². The Morgan fingerprint density at radius 3 is 2.48 bits per heavy atom. The molecular weight excluding hydrogens is 320 g/mol. The lowest BCUT2D eigenvalue weighted by Gasteiger charge is -2.24. The van der Waals surface area contributed by atoms with Crippen molar-refractivity contribution in [1.29, 1.82) is 5.26 Å². The fraction of sp³-hybridized carbons (Fsp3) is 0.211. The number of rotatable bonds is 6. The second-order valence-electron chi connectivity index (χ2n) is 5.52. The maximum absolute atomic E-state index is 12.2. The Kier molecular flexibility index (Phi) is 6.13. The van der Waals surface area contributed by atoms with Gasteiger partial charge in [0.1, 0.15) is 12.6 Å². The maximum Gasteiger partial charge on any atom is 0.410 e. The van der Waals surface area contributed by atoms with Gasteiger partial charge in [-0.25, -0.2) is 9.59 Å². The Balaban J connectivity index is 2.04. The molecule has 0 saturated carbocycles. The van der Waals surface area contributed by atoms with Crippen molar-refractivity contribution < 1.29 is 19.4 Å². The summed E-state index contributed by atoms with van der Waals surface area (Å²) in [6.45, 7) is 0.0697. The molecule has 1 unspecified atom stereocenters. The first-order valence-corrected chi connectivity index (χ1v) is 7.66. The van der Waals surface area contributed by atoms with E-state index in [0.29, 0.717) is 11.1 Å². The van der Waals surface area contributed by atoms with Crippen molar-refractivity contribution in [1.82, 2.24) is 4.90 Å². The van der Waals surface area contributed by atoms with Gasteiger partial charge in [0.05, 0.1) is 11.6 Å². The number of benzene rings is 2. The summed E-state index contributed by atoms with van der Waals surface area (Å²) in [4.78, 5) is 24.8. The third kappa shape index (κ3) is 5.08. The highest BCUT2D eigenvalue weighted by Gasteiger charge is 2.28. The van der Waals surface area contributed by atoms with Crippen LogP contribution >= 0.6 is 0 Å². The van der Waals surface area contributed by atoms with Crippen molar-refractivity contribution in [3.63, 3.8) is 0 Å². The molecule has 25 heavy (non-hydrogen) atoms. The van der Waals surface area contributed by atoms with Crippen LogP contribution in [0.3, 0.4) is 0 Å². The van der Waals surface area contributed by atoms with E-state index >= 15 is 0 Å². The summed E-state index contributed by atoms with van der Waals surface area (Å²) >= 11 is 0. The number of amides is 1. The third-order valence-electron chi connectivity index (χ3n) is 3.73. The highest BCUT2D eigenvalue weighted by atomic mass is 16.6. The van der Waals surface area contributed by atoms with E-state index in [1.165, 1.54) is 7.05 Å². The Bertz CT molecular complexity index is 784. The number of hydrogen-bond acceptors (Lipinski definition) is 4. The molecule has 128 valence electrons. The maximum atomic E-state index is 12.2. The molecule has 2 aromatic carbocycles. The van der Waals surface area contributed by atoms with Crippen LogP contribution in [-0.4, -0.2) is 35.2 Å². The van der Waals surface area contributed by atoms with Crippen LogP contribution in [0.4, 0.5) is 4.79 Å². The summed E-state index contributed by atoms with van der Waals surface area (Å²) in [6.07, 6.45) is -0.630. The Morgan fingerprint density at radius 1 is 1.16 bits per heavy atom. The SMILES string of the molecule is CN(C(=O)OCc1ccccc1)C(Cc1cccc(C#N)c1)C(=O)O. The minimum absolute atomic E-state index is 0.0697. The molecule has 6 heteroatoms. The molecule has 0 fully saturated rings. The molecule has 1 N–H and O–H groups in total. The molecule has 1 atom stereocenters. The van der Waals surface area contributed by atoms with Crippen molar-refractivity contribution in [3.05, 3.63) is 71.3 Å². The largest absolute Gasteiger partial charge is 0.480 e. The standard InChI is InChI=1S/C19H18N2O4/c1-21(19(24)25-13-14-6-3-2-4-7-14)17(18(22)23)11-15-8-5-9-16(10-15)12-20/h2-10,17H,11,13H2,1H3,(H,22,23). The lowest BCUT2D eigenvalue weighted by atomic mass is 10.0. The van der Waals surface area contributed by atoms with Gasteiger partial charge >= 0.3 is 12.1 Å². The van der Waals surface area contributed by atoms with Gasteiger partial charge in [-0.2, -0.15) is 5.26 Å². The summed E-state index contributed by atoms with van der Waals surface area (Å²) in [7, 11) is 1.39. The van der Waals surface area contributed by atoms with Gasteiger partial charge < -0.3 is 9.84 Å². The fourth-order valence-electron chi connectivity index (χ4n) is 2.33. The van der Waals surface area contributed by atoms with E-state index in [0.717, 1.165) is 10.5 Å². The molecule has 0 aliphatic heterocycles. The molecular formula is C19H18N2O4. The van der Waals surface area contributed by atoms with E-state index in [1.54, 1.807) is 24.3 Å². The van der Waals surface area contributed by atoms with E-state index in [-0.39, 0.29) is 13.0 Å². The van der Waals surface area contributed by atoms with Gasteiger partial charge in [0.2, 0.25) is 0 Å². The number of aliphatic carboxylic acids is 1. The average molecular weight is 338 g/mol. The van der Waals surface area contributed by atoms with Crippen LogP contribution in [0.25, 0.3) is 0 Å². The Labute approximate surface area is 145 Å². The van der Waals surface area contributed by atoms with Crippen LogP contribution in [0.15, 0.2) is 54.6 Å². The predicted octanol–water partition coefficient (Wildman–Crippen LogP) is 2.82. The number of hydrogen-bond donors (Lipinski definition) is 1. The van der Waals surface area contributed by atoms with Crippen molar-refractivity contribution in [2.45, 2.75) is 19.1 Å². The van der Waals surface area contributed by atoms with Crippen LogP contribution in [0.5, 0.6) is 0 Å². The highest BCUT2D eigenvalue weighted by Crippen LogP contribution is 2.12. The summed E-state index contributed by atoms with van der Waals surface area (Å²) in [6, 6.07) is 16.7. The number of carbonyl (C=O) groups is 2. The molecule has 6 nitrogen and oxygen atoms in total. The van der Waals surface area contributed by atoms with Crippen molar-refractivity contribution in [2.24, 2.45) is 0 Å². The Morgan fingerprint density at radius 2 is 1.84 bits per heavy atom. The van der Waals surface area contributed by atoms with Gasteiger partial charge in [-0.3, -0.25) is 4.90 Å². The van der Waals surface area contributed by atoms with Crippen LogP contribution in [0.2, 0.25) is 0 Å². The average Bonchev–Trinajstić information content (AvgIpc) is 2.64. The van der Waals surface area contributed by atoms with E-state index in [4.69, 9.17) is 10.00 Å². The van der Waals surface area contributed by atoms with Crippen LogP contribution in [0, 0.1) is 11.3 Å². The van der Waals surface area contributed by atoms with Gasteiger partial charge in [0.15, 0.2) is 0 Å². The second kappa shape index (κ2) is 8.50. The van der Waals surface area contributed by atoms with Crippen molar-refractivity contribution in [2.75, 3.05) is 7.05 Å². The molecule has 2 aromatic rings. The smallest absolute Gasteiger partial charge is 0.410 e. The van der Waals surface area contributed by atoms with Gasteiger partial charge in [-0.05, 0) is 23.3 Å². The van der Waals surface area contributed by atoms with E-state index in [1.807, 2.05) is 36.4 Å². The van der Waals surface area contributed by atoms with Crippen molar-refractivity contribution in [3.8, 4) is 6.07 Å². The molecule has 0 saturated heterocycles. The van der Waals surface area contributed by atoms with E-state index in [2.05, 4.69) is 0 Å². The zero-order valence-corrected chi connectivity index (χ0v) is 13.8. The van der Waals surface area contributed by atoms with Crippen LogP contribution < -0.4 is 0 Å². The van der Waals surface area contributed by atoms with Crippen LogP contribution in [-0.2, 0) is 22.6 Å². The van der Waals surface area contributed by atoms with Gasteiger partial charge in [0.25, 0.3) is 0 Å². The van der Waals surface area contributed by atoms with Gasteiger partial charge in [0, 0.05) is 13.5 Å². The first kappa shape index (κ1) is 18.0. The minimum Gasteiger partial charge on any atom is -0.480 e. The molecule has 0 aromatic heterocycles. The summed E-state index contributed by atoms with van der Waals surface area (Å²) in [5, 5.41) is 18.4. The summed E-state index contributed by atoms with van der Waals surface area (Å²) in [5.74, 6) is -1.14. The number of nitriles is 1. The molecule has 0 spiro atoms. The number of likely N-dealkylation sites (N-methyl/N-ethyl adjacent to an activating group) is 1. The summed E-state index contributed by atoms with van der Waals surface area (Å²) in [5.41, 5.74) is 1.92. The number of ether oxygens (including phenoxy) is 1. The topological polar surface area (TPSA) is 90.6 Å². The van der Waals surface area contributed by atoms with E-state index in [9.17, 15) is 14.7 Å². The normalized spacial score (nSPS) is 11.2. The fourth-order valence-corrected chi connectivity index (χ4v) is 2.33. The lowest BCUT2D eigenvalue weighted by molar-refractivity contribution is -0.142. The third-order valence-corrected chi connectivity index (χ3v) is 3.73. The molecule has 2 rings (SSSR count). The second-order valence-corrected chi connectivity index (χ2v) is 5.52. The van der Waals surface area contributed by atoms with Crippen LogP contribution in [0.1, 0.15) is 16.7 Å². The molecule has 1 amide bonds. The molecule has 0 aliphatic carbocycles. The highest BCUT2D eigenvalue weighted by molar-refractivity contribution is 5.80. The quantitative estimate of drug-likeness (QED) is 0.874. The molecule has 0 bridgehead atoms. The van der Waals surface area contributed by atoms with Crippen molar-refractivity contribution >= 4 is 12.1 Å². The number of carboxylic acids is 1. The number of carbonyl (C=O) groups excluding carboxylic acids is 1. The molecule has 0 radical (unpaired) electrons.